The number of hydrogen-bond donors (Lipinski definition) is 0. The number of hydrogen-bond acceptors (Lipinski definition) is 1. The van der Waals surface area contributed by atoms with Crippen LogP contribution in [0.1, 0.15) is 19.3 Å². The third kappa shape index (κ3) is 3.21. The van der Waals surface area contributed by atoms with Gasteiger partial charge >= 0.3 is 110 Å². The van der Waals surface area contributed by atoms with Crippen molar-refractivity contribution in [3.63, 3.8) is 0 Å². The van der Waals surface area contributed by atoms with Crippen LogP contribution in [0.3, 0.4) is 0 Å². The molecule has 0 radical (unpaired) electrons. The summed E-state index contributed by atoms with van der Waals surface area (Å²) in [4.78, 5) is 0. The zero-order chi connectivity index (χ0) is 11.2. The molecule has 0 amide bonds. The van der Waals surface area contributed by atoms with Gasteiger partial charge in [0.25, 0.3) is 0 Å². The third-order valence-corrected chi connectivity index (χ3v) is 4.00. The molecule has 16 heavy (non-hydrogen) atoms. The van der Waals surface area contributed by atoms with Crippen molar-refractivity contribution in [2.75, 3.05) is 6.61 Å². The quantitative estimate of drug-likeness (QED) is 0.525. The fraction of sp³-hybridized carbons (Fsp3) is 0.385. The van der Waals surface area contributed by atoms with Crippen LogP contribution < -0.4 is 0 Å². The molecule has 0 aliphatic heterocycles. The normalized spacial score (nSPS) is 18.1. The Balaban J connectivity index is 1.96. The first kappa shape index (κ1) is 12.4. The summed E-state index contributed by atoms with van der Waals surface area (Å²) in [5.74, 6) is 0.555. The van der Waals surface area contributed by atoms with Crippen molar-refractivity contribution in [3.05, 3.63) is 47.6 Å². The van der Waals surface area contributed by atoms with E-state index >= 15 is 0 Å². The Morgan fingerprint density at radius 1 is 1.19 bits per heavy atom. The molecule has 2 aliphatic carbocycles. The maximum absolute atomic E-state index is 5.65. The number of halogens is 1. The first-order valence-corrected chi connectivity index (χ1v) is 8.39. The van der Waals surface area contributed by atoms with Gasteiger partial charge in [-0.1, -0.05) is 0 Å². The molecule has 0 N–H and O–H groups in total. The summed E-state index contributed by atoms with van der Waals surface area (Å²) in [5, 5.41) is 0. The van der Waals surface area contributed by atoms with Gasteiger partial charge in [0.05, 0.1) is 0 Å². The van der Waals surface area contributed by atoms with Gasteiger partial charge in [-0.2, -0.15) is 0 Å². The van der Waals surface area contributed by atoms with Gasteiger partial charge in [0.15, 0.2) is 0 Å². The van der Waals surface area contributed by atoms with Crippen LogP contribution in [0.25, 0.3) is 0 Å². The fourth-order valence-electron chi connectivity index (χ4n) is 2.27. The van der Waals surface area contributed by atoms with Crippen LogP contribution in [0.2, 0.25) is 0 Å². The van der Waals surface area contributed by atoms with Crippen LogP contribution in [0.5, 0.6) is 0 Å². The van der Waals surface area contributed by atoms with Crippen LogP contribution in [0.15, 0.2) is 47.6 Å². The second-order valence-corrected chi connectivity index (χ2v) is 5.34. The minimum atomic E-state index is -0.664. The van der Waals surface area contributed by atoms with Gasteiger partial charge in [-0.25, -0.2) is 0 Å². The Labute approximate surface area is 110 Å². The average Bonchev–Trinajstić information content (AvgIpc) is 2.97. The summed E-state index contributed by atoms with van der Waals surface area (Å²) in [5.41, 5.74) is 3.04. The molecule has 0 unspecified atom stereocenters. The van der Waals surface area contributed by atoms with Gasteiger partial charge in [0.2, 0.25) is 0 Å². The third-order valence-electron chi connectivity index (χ3n) is 3.06. The molecule has 0 saturated carbocycles. The van der Waals surface area contributed by atoms with E-state index in [1.165, 1.54) is 11.1 Å². The van der Waals surface area contributed by atoms with Crippen LogP contribution in [0.4, 0.5) is 0 Å². The Bertz CT molecular complexity index is 325. The summed E-state index contributed by atoms with van der Waals surface area (Å²) >= 11 is -0.664. The summed E-state index contributed by atoms with van der Waals surface area (Å²) in [6, 6.07) is 0. The van der Waals surface area contributed by atoms with Gasteiger partial charge in [-0.15, -0.1) is 0 Å². The molecule has 0 fully saturated rings. The summed E-state index contributed by atoms with van der Waals surface area (Å²) in [6.45, 7) is 0.794. The summed E-state index contributed by atoms with van der Waals surface area (Å²) in [6.07, 6.45) is 16.5. The Hall–Kier alpha value is -0.0757. The van der Waals surface area contributed by atoms with E-state index in [2.05, 4.69) is 36.5 Å². The molecule has 1 nitrogen and oxygen atoms in total. The Morgan fingerprint density at radius 3 is 2.25 bits per heavy atom. The van der Waals surface area contributed by atoms with Crippen LogP contribution in [0, 0.1) is 5.92 Å². The van der Waals surface area contributed by atoms with E-state index in [9.17, 15) is 0 Å². The van der Waals surface area contributed by atoms with Crippen LogP contribution in [-0.4, -0.2) is 6.61 Å². The Kier molecular flexibility index (Phi) is 5.11. The van der Waals surface area contributed by atoms with Crippen molar-refractivity contribution in [1.29, 1.82) is 0 Å². The molecule has 0 aromatic rings. The number of rotatable bonds is 6. The van der Waals surface area contributed by atoms with Gasteiger partial charge in [-0.3, -0.25) is 0 Å². The van der Waals surface area contributed by atoms with Gasteiger partial charge < -0.3 is 0 Å². The van der Waals surface area contributed by atoms with Crippen molar-refractivity contribution < 1.29 is 21.8 Å². The molecule has 2 rings (SSSR count). The first-order chi connectivity index (χ1) is 7.92. The van der Waals surface area contributed by atoms with Gasteiger partial charge in [0, 0.05) is 0 Å². The number of allylic oxidation sites excluding steroid dienone is 8. The molecular weight excluding hydrogens is 255 g/mol. The second-order valence-electron chi connectivity index (χ2n) is 4.01. The minimum absolute atomic E-state index is 0.555. The molecule has 0 aromatic heterocycles. The van der Waals surface area contributed by atoms with Crippen molar-refractivity contribution >= 4 is 9.30 Å². The molecule has 0 saturated heterocycles. The monoisotopic (exact) mass is 270 g/mol. The molecule has 2 aliphatic rings. The molecular formula is C13H15ClOTi. The average molecular weight is 271 g/mol. The SMILES string of the molecule is [Cl][Ti][O]CCC(C1=CC=CC1)C1=CC=CC1. The van der Waals surface area contributed by atoms with Crippen LogP contribution >= 0.6 is 9.30 Å². The Morgan fingerprint density at radius 2 is 1.81 bits per heavy atom. The molecule has 0 aromatic carbocycles. The molecule has 0 spiro atoms. The van der Waals surface area contributed by atoms with E-state index in [1.54, 1.807) is 0 Å². The summed E-state index contributed by atoms with van der Waals surface area (Å²) < 4.78 is 5.38. The van der Waals surface area contributed by atoms with Crippen molar-refractivity contribution in [2.24, 2.45) is 5.92 Å². The van der Waals surface area contributed by atoms with E-state index in [-0.39, 0.29) is 0 Å². The standard InChI is InChI=1S/C13H15O.ClH.Ti/c14-10-9-13(11-5-1-2-6-11)12-7-3-4-8-12;;/h1-5,7,13H,6,8-10H2;1H;/q-1;;+2/p-1. The maximum atomic E-state index is 5.65. The van der Waals surface area contributed by atoms with Gasteiger partial charge in [0.1, 0.15) is 0 Å². The van der Waals surface area contributed by atoms with E-state index in [4.69, 9.17) is 12.6 Å². The zero-order valence-electron chi connectivity index (χ0n) is 9.16. The summed E-state index contributed by atoms with van der Waals surface area (Å²) in [7, 11) is 5.65. The van der Waals surface area contributed by atoms with E-state index in [0.717, 1.165) is 25.9 Å². The molecule has 84 valence electrons. The van der Waals surface area contributed by atoms with Crippen molar-refractivity contribution in [1.82, 2.24) is 0 Å². The van der Waals surface area contributed by atoms with E-state index < -0.39 is 18.5 Å². The van der Waals surface area contributed by atoms with E-state index in [0.29, 0.717) is 5.92 Å². The van der Waals surface area contributed by atoms with Crippen molar-refractivity contribution in [3.8, 4) is 0 Å². The van der Waals surface area contributed by atoms with E-state index in [1.807, 2.05) is 0 Å². The molecule has 0 atom stereocenters. The fourth-order valence-corrected chi connectivity index (χ4v) is 2.89. The van der Waals surface area contributed by atoms with Crippen molar-refractivity contribution in [2.45, 2.75) is 19.3 Å². The zero-order valence-corrected chi connectivity index (χ0v) is 11.5. The first-order valence-electron chi connectivity index (χ1n) is 5.60. The topological polar surface area (TPSA) is 9.23 Å². The molecule has 0 bridgehead atoms. The van der Waals surface area contributed by atoms with Gasteiger partial charge in [-0.05, 0) is 0 Å². The molecule has 0 heterocycles. The predicted octanol–water partition coefficient (Wildman–Crippen LogP) is 3.93. The predicted molar refractivity (Wildman–Crippen MR) is 63.6 cm³/mol. The van der Waals surface area contributed by atoms with Crippen LogP contribution in [-0.2, 0) is 21.8 Å². The second kappa shape index (κ2) is 6.61. The molecule has 3 heteroatoms.